The number of imide groups is 1. The summed E-state index contributed by atoms with van der Waals surface area (Å²) in [7, 11) is 0. The number of nitrogens with zero attached hydrogens (tertiary/aromatic N) is 2. The maximum atomic E-state index is 13.0. The third-order valence-corrected chi connectivity index (χ3v) is 5.32. The zero-order valence-corrected chi connectivity index (χ0v) is 18.5. The van der Waals surface area contributed by atoms with E-state index >= 15 is 0 Å². The van der Waals surface area contributed by atoms with Gasteiger partial charge in [0.25, 0.3) is 11.6 Å². The van der Waals surface area contributed by atoms with E-state index in [2.05, 4.69) is 10.6 Å². The molecule has 1 saturated heterocycles. The second-order valence-electron chi connectivity index (χ2n) is 8.40. The monoisotopic (exact) mass is 452 g/mol. The molecule has 10 heteroatoms. The van der Waals surface area contributed by atoms with Gasteiger partial charge in [-0.2, -0.15) is 0 Å². The highest BCUT2D eigenvalue weighted by Crippen LogP contribution is 2.30. The number of ketones is 1. The number of benzene rings is 2. The molecular weight excluding hydrogens is 428 g/mol. The lowest BCUT2D eigenvalue weighted by Crippen LogP contribution is -2.41. The van der Waals surface area contributed by atoms with Gasteiger partial charge in [0, 0.05) is 29.8 Å². The number of nitro benzene ring substituents is 1. The van der Waals surface area contributed by atoms with Crippen molar-refractivity contribution >= 4 is 35.0 Å². The highest BCUT2D eigenvalue weighted by Gasteiger charge is 2.49. The minimum absolute atomic E-state index is 0.131. The van der Waals surface area contributed by atoms with Gasteiger partial charge in [0.2, 0.25) is 5.91 Å². The van der Waals surface area contributed by atoms with Crippen molar-refractivity contribution in [1.29, 1.82) is 0 Å². The van der Waals surface area contributed by atoms with Crippen molar-refractivity contribution in [3.8, 4) is 0 Å². The predicted octanol–water partition coefficient (Wildman–Crippen LogP) is 3.23. The molecule has 2 N–H and O–H groups in total. The van der Waals surface area contributed by atoms with Crippen LogP contribution in [0.5, 0.6) is 0 Å². The molecule has 0 spiro atoms. The Morgan fingerprint density at radius 1 is 1.09 bits per heavy atom. The SMILES string of the molecule is CC(C)CC(=O)Nc1ccc(C(=O)CN2C(=O)NC(C)(c3ccc([N+](=O)[O-])cc3)C2=O)cc1. The number of nitro groups is 1. The van der Waals surface area contributed by atoms with E-state index in [0.717, 1.165) is 4.90 Å². The second kappa shape index (κ2) is 9.19. The summed E-state index contributed by atoms with van der Waals surface area (Å²) in [6.07, 6.45) is 0.375. The molecule has 1 fully saturated rings. The maximum absolute atomic E-state index is 13.0. The third-order valence-electron chi connectivity index (χ3n) is 5.32. The van der Waals surface area contributed by atoms with Crippen LogP contribution in [0.25, 0.3) is 0 Å². The van der Waals surface area contributed by atoms with E-state index in [-0.39, 0.29) is 23.1 Å². The summed E-state index contributed by atoms with van der Waals surface area (Å²) in [4.78, 5) is 61.2. The van der Waals surface area contributed by atoms with Gasteiger partial charge in [0.05, 0.1) is 11.5 Å². The van der Waals surface area contributed by atoms with Crippen LogP contribution in [0.15, 0.2) is 48.5 Å². The van der Waals surface area contributed by atoms with Crippen LogP contribution in [0.3, 0.4) is 0 Å². The molecule has 3 rings (SSSR count). The Hall–Kier alpha value is -4.08. The predicted molar refractivity (Wildman–Crippen MR) is 120 cm³/mol. The van der Waals surface area contributed by atoms with Crippen LogP contribution in [0.1, 0.15) is 43.1 Å². The Morgan fingerprint density at radius 3 is 2.24 bits per heavy atom. The van der Waals surface area contributed by atoms with E-state index in [1.165, 1.54) is 43.3 Å². The number of Topliss-reactive ketones (excluding diaryl/α,β-unsaturated/α-hetero) is 1. The fourth-order valence-electron chi connectivity index (χ4n) is 3.51. The Labute approximate surface area is 190 Å². The zero-order valence-electron chi connectivity index (χ0n) is 18.5. The van der Waals surface area contributed by atoms with Gasteiger partial charge in [-0.3, -0.25) is 29.4 Å². The molecule has 0 radical (unpaired) electrons. The number of carbonyl (C=O) groups excluding carboxylic acids is 4. The quantitative estimate of drug-likeness (QED) is 0.273. The van der Waals surface area contributed by atoms with Crippen LogP contribution in [0.2, 0.25) is 0 Å². The summed E-state index contributed by atoms with van der Waals surface area (Å²) in [6, 6.07) is 10.7. The molecule has 0 bridgehead atoms. The molecule has 4 amide bonds. The van der Waals surface area contributed by atoms with Crippen molar-refractivity contribution in [1.82, 2.24) is 10.2 Å². The van der Waals surface area contributed by atoms with Crippen LogP contribution in [0.4, 0.5) is 16.2 Å². The first kappa shape index (κ1) is 23.6. The lowest BCUT2D eigenvalue weighted by molar-refractivity contribution is -0.384. The van der Waals surface area contributed by atoms with E-state index in [0.29, 0.717) is 17.7 Å². The molecule has 1 unspecified atom stereocenters. The lowest BCUT2D eigenvalue weighted by Gasteiger charge is -2.22. The first-order valence-electron chi connectivity index (χ1n) is 10.3. The number of hydrogen-bond donors (Lipinski definition) is 2. The molecule has 2 aromatic carbocycles. The molecule has 10 nitrogen and oxygen atoms in total. The van der Waals surface area contributed by atoms with Crippen molar-refractivity contribution in [2.24, 2.45) is 5.92 Å². The smallest absolute Gasteiger partial charge is 0.325 e. The maximum Gasteiger partial charge on any atom is 0.325 e. The van der Waals surface area contributed by atoms with Crippen molar-refractivity contribution in [3.05, 3.63) is 69.8 Å². The average Bonchev–Trinajstić information content (AvgIpc) is 2.97. The topological polar surface area (TPSA) is 139 Å². The molecule has 0 aliphatic carbocycles. The van der Waals surface area contributed by atoms with Crippen molar-refractivity contribution in [2.45, 2.75) is 32.7 Å². The normalized spacial score (nSPS) is 17.8. The van der Waals surface area contributed by atoms with Crippen molar-refractivity contribution in [2.75, 3.05) is 11.9 Å². The summed E-state index contributed by atoms with van der Waals surface area (Å²) in [5.41, 5.74) is -0.408. The van der Waals surface area contributed by atoms with Crippen LogP contribution in [0, 0.1) is 16.0 Å². The molecule has 172 valence electrons. The number of anilines is 1. The van der Waals surface area contributed by atoms with E-state index in [1.807, 2.05) is 13.8 Å². The first-order chi connectivity index (χ1) is 15.5. The molecule has 1 aliphatic heterocycles. The molecular formula is C23H24N4O6. The Bertz CT molecular complexity index is 1110. The van der Waals surface area contributed by atoms with E-state index < -0.39 is 34.7 Å². The minimum Gasteiger partial charge on any atom is -0.326 e. The summed E-state index contributed by atoms with van der Waals surface area (Å²) >= 11 is 0. The number of non-ortho nitro benzene ring substituents is 1. The van der Waals surface area contributed by atoms with Gasteiger partial charge in [-0.25, -0.2) is 4.79 Å². The molecule has 2 aromatic rings. The number of hydrogen-bond acceptors (Lipinski definition) is 6. The summed E-state index contributed by atoms with van der Waals surface area (Å²) < 4.78 is 0. The van der Waals surface area contributed by atoms with E-state index in [9.17, 15) is 29.3 Å². The molecule has 1 heterocycles. The van der Waals surface area contributed by atoms with Gasteiger partial charge in [0.1, 0.15) is 5.54 Å². The zero-order chi connectivity index (χ0) is 24.3. The lowest BCUT2D eigenvalue weighted by atomic mass is 9.92. The third kappa shape index (κ3) is 5.05. The first-order valence-corrected chi connectivity index (χ1v) is 10.3. The van der Waals surface area contributed by atoms with Gasteiger partial charge in [-0.05, 0) is 54.8 Å². The fourth-order valence-corrected chi connectivity index (χ4v) is 3.51. The highest BCUT2D eigenvalue weighted by atomic mass is 16.6. The van der Waals surface area contributed by atoms with Crippen LogP contribution in [-0.4, -0.2) is 40.0 Å². The number of amides is 4. The number of urea groups is 1. The molecule has 0 aromatic heterocycles. The van der Waals surface area contributed by atoms with Crippen LogP contribution >= 0.6 is 0 Å². The van der Waals surface area contributed by atoms with Crippen molar-refractivity contribution < 1.29 is 24.1 Å². The minimum atomic E-state index is -1.45. The van der Waals surface area contributed by atoms with E-state index in [1.54, 1.807) is 12.1 Å². The van der Waals surface area contributed by atoms with Gasteiger partial charge >= 0.3 is 6.03 Å². The van der Waals surface area contributed by atoms with Gasteiger partial charge in [-0.1, -0.05) is 13.8 Å². The molecule has 1 aliphatic rings. The fraction of sp³-hybridized carbons (Fsp3) is 0.304. The Morgan fingerprint density at radius 2 is 1.70 bits per heavy atom. The summed E-state index contributed by atoms with van der Waals surface area (Å²) in [5.74, 6) is -1.00. The molecule has 33 heavy (non-hydrogen) atoms. The summed E-state index contributed by atoms with van der Waals surface area (Å²) in [5, 5.41) is 16.2. The number of rotatable bonds is 8. The van der Waals surface area contributed by atoms with Crippen LogP contribution in [-0.2, 0) is 15.1 Å². The second-order valence-corrected chi connectivity index (χ2v) is 8.40. The molecule has 0 saturated carbocycles. The average molecular weight is 452 g/mol. The number of carbonyl (C=O) groups is 4. The Balaban J connectivity index is 1.69. The Kier molecular flexibility index (Phi) is 6.57. The van der Waals surface area contributed by atoms with Crippen molar-refractivity contribution in [3.63, 3.8) is 0 Å². The van der Waals surface area contributed by atoms with E-state index in [4.69, 9.17) is 0 Å². The van der Waals surface area contributed by atoms with Crippen LogP contribution < -0.4 is 10.6 Å². The molecule has 1 atom stereocenters. The standard InChI is InChI=1S/C23H24N4O6/c1-14(2)12-20(29)24-17-8-4-15(5-9-17)19(28)13-26-21(30)23(3,25-22(26)31)16-6-10-18(11-7-16)27(32)33/h4-11,14H,12-13H2,1-3H3,(H,24,29)(H,25,31). The largest absolute Gasteiger partial charge is 0.326 e. The van der Waals surface area contributed by atoms with Gasteiger partial charge in [0.15, 0.2) is 5.78 Å². The van der Waals surface area contributed by atoms with Gasteiger partial charge in [-0.15, -0.1) is 0 Å². The highest BCUT2D eigenvalue weighted by molar-refractivity contribution is 6.11. The summed E-state index contributed by atoms with van der Waals surface area (Å²) in [6.45, 7) is 4.88. The van der Waals surface area contributed by atoms with Gasteiger partial charge < -0.3 is 10.6 Å². The number of nitrogens with one attached hydrogen (secondary N) is 2.